The molecule has 5 heterocycles. The van der Waals surface area contributed by atoms with Crippen molar-refractivity contribution in [2.75, 3.05) is 49.5 Å². The van der Waals surface area contributed by atoms with E-state index in [-0.39, 0.29) is 6.61 Å². The molecule has 0 unspecified atom stereocenters. The zero-order valence-corrected chi connectivity index (χ0v) is 19.0. The van der Waals surface area contributed by atoms with Crippen LogP contribution in [0.25, 0.3) is 15.3 Å². The molecule has 2 N–H and O–H groups in total. The number of aliphatic hydroxyl groups is 1. The minimum absolute atomic E-state index is 0.204. The number of anilines is 3. The van der Waals surface area contributed by atoms with Gasteiger partial charge in [-0.25, -0.2) is 19.6 Å². The van der Waals surface area contributed by atoms with Crippen LogP contribution in [-0.4, -0.2) is 74.1 Å². The number of fused-ring (bicyclic) bond motifs is 1. The first-order chi connectivity index (χ1) is 15.6. The van der Waals surface area contributed by atoms with E-state index in [2.05, 4.69) is 38.2 Å². The fourth-order valence-electron chi connectivity index (χ4n) is 3.91. The maximum atomic E-state index is 9.16. The second kappa shape index (κ2) is 8.81. The largest absolute Gasteiger partial charge is 0.395 e. The second-order valence-electron chi connectivity index (χ2n) is 7.93. The van der Waals surface area contributed by atoms with Gasteiger partial charge in [0.05, 0.1) is 16.8 Å². The van der Waals surface area contributed by atoms with Crippen molar-refractivity contribution < 1.29 is 5.11 Å². The third kappa shape index (κ3) is 4.16. The predicted octanol–water partition coefficient (Wildman–Crippen LogP) is 2.75. The molecule has 1 saturated heterocycles. The lowest BCUT2D eigenvalue weighted by atomic mass is 10.2. The summed E-state index contributed by atoms with van der Waals surface area (Å²) in [4.78, 5) is 18.8. The number of hydrogen-bond donors (Lipinski definition) is 2. The summed E-state index contributed by atoms with van der Waals surface area (Å²) in [5.74, 6) is 2.46. The standard InChI is InChI=1S/C22H26N8OS/c1-15-3-4-19(27-21(15)29-9-7-28(8-10-29)11-12-31)26-20-13-17-18(14-23-20)32-22(25-17)30-16(2)5-6-24-30/h3-6,13-14,31H,7-12H2,1-2H3,(H,23,26,27). The Labute approximate surface area is 190 Å². The first-order valence-electron chi connectivity index (χ1n) is 10.7. The molecule has 1 fully saturated rings. The number of hydrogen-bond acceptors (Lipinski definition) is 9. The van der Waals surface area contributed by atoms with E-state index < -0.39 is 0 Å². The number of thiazole rings is 1. The van der Waals surface area contributed by atoms with Crippen LogP contribution in [0.15, 0.2) is 36.7 Å². The summed E-state index contributed by atoms with van der Waals surface area (Å²) in [6.07, 6.45) is 3.62. The van der Waals surface area contributed by atoms with E-state index in [1.54, 1.807) is 17.5 Å². The average molecular weight is 451 g/mol. The summed E-state index contributed by atoms with van der Waals surface area (Å²) < 4.78 is 2.85. The Kier molecular flexibility index (Phi) is 5.73. The molecule has 0 atom stereocenters. The Balaban J connectivity index is 1.35. The first kappa shape index (κ1) is 20.8. The molecule has 0 aromatic carbocycles. The molecule has 0 radical (unpaired) electrons. The number of pyridine rings is 2. The van der Waals surface area contributed by atoms with E-state index in [0.29, 0.717) is 5.82 Å². The van der Waals surface area contributed by atoms with E-state index >= 15 is 0 Å². The van der Waals surface area contributed by atoms with Gasteiger partial charge < -0.3 is 15.3 Å². The molecule has 1 aliphatic heterocycles. The zero-order chi connectivity index (χ0) is 22.1. The molecule has 10 heteroatoms. The summed E-state index contributed by atoms with van der Waals surface area (Å²) >= 11 is 1.57. The highest BCUT2D eigenvalue weighted by Gasteiger charge is 2.19. The van der Waals surface area contributed by atoms with Crippen molar-refractivity contribution in [3.05, 3.63) is 47.9 Å². The lowest BCUT2D eigenvalue weighted by Gasteiger charge is -2.35. The van der Waals surface area contributed by atoms with Crippen molar-refractivity contribution in [1.82, 2.24) is 29.6 Å². The average Bonchev–Trinajstić information content (AvgIpc) is 3.41. The van der Waals surface area contributed by atoms with Gasteiger partial charge in [-0.2, -0.15) is 5.10 Å². The molecule has 4 aromatic rings. The van der Waals surface area contributed by atoms with Crippen LogP contribution in [0.1, 0.15) is 11.3 Å². The number of piperazine rings is 1. The molecule has 0 amide bonds. The SMILES string of the molecule is Cc1ccc(Nc2cc3nc(-n4nccc4C)sc3cn2)nc1N1CCN(CCO)CC1. The summed E-state index contributed by atoms with van der Waals surface area (Å²) in [5.41, 5.74) is 3.07. The van der Waals surface area contributed by atoms with Crippen LogP contribution in [0.3, 0.4) is 0 Å². The highest BCUT2D eigenvalue weighted by Crippen LogP contribution is 2.28. The van der Waals surface area contributed by atoms with Crippen molar-refractivity contribution in [2.45, 2.75) is 13.8 Å². The maximum Gasteiger partial charge on any atom is 0.211 e. The molecular weight excluding hydrogens is 424 g/mol. The van der Waals surface area contributed by atoms with E-state index in [1.807, 2.05) is 36.0 Å². The van der Waals surface area contributed by atoms with Crippen molar-refractivity contribution in [2.24, 2.45) is 0 Å². The summed E-state index contributed by atoms with van der Waals surface area (Å²) in [7, 11) is 0. The fourth-order valence-corrected chi connectivity index (χ4v) is 4.85. The monoisotopic (exact) mass is 450 g/mol. The highest BCUT2D eigenvalue weighted by atomic mass is 32.1. The second-order valence-corrected chi connectivity index (χ2v) is 8.94. The lowest BCUT2D eigenvalue weighted by Crippen LogP contribution is -2.47. The van der Waals surface area contributed by atoms with Gasteiger partial charge in [0, 0.05) is 56.9 Å². The molecule has 0 saturated carbocycles. The number of aromatic nitrogens is 5. The van der Waals surface area contributed by atoms with Gasteiger partial charge in [0.2, 0.25) is 5.13 Å². The van der Waals surface area contributed by atoms with Crippen LogP contribution in [-0.2, 0) is 0 Å². The van der Waals surface area contributed by atoms with Gasteiger partial charge in [0.25, 0.3) is 0 Å². The molecule has 5 rings (SSSR count). The van der Waals surface area contributed by atoms with Gasteiger partial charge in [-0.3, -0.25) is 4.90 Å². The molecular formula is C22H26N8OS. The van der Waals surface area contributed by atoms with Crippen LogP contribution in [0.4, 0.5) is 17.5 Å². The van der Waals surface area contributed by atoms with Crippen LogP contribution in [0.5, 0.6) is 0 Å². The van der Waals surface area contributed by atoms with Gasteiger partial charge in [0.1, 0.15) is 17.5 Å². The minimum atomic E-state index is 0.204. The molecule has 0 bridgehead atoms. The number of nitrogens with zero attached hydrogens (tertiary/aromatic N) is 7. The fraction of sp³-hybridized carbons (Fsp3) is 0.364. The van der Waals surface area contributed by atoms with Gasteiger partial charge in [-0.05, 0) is 31.5 Å². The number of rotatable bonds is 6. The molecule has 0 spiro atoms. The quantitative estimate of drug-likeness (QED) is 0.463. The van der Waals surface area contributed by atoms with Gasteiger partial charge in [-0.1, -0.05) is 17.4 Å². The number of β-amino-alcohol motifs (C(OH)–C–C–N with tert-alkyl or cyclic N) is 1. The van der Waals surface area contributed by atoms with E-state index in [0.717, 1.165) is 71.0 Å². The predicted molar refractivity (Wildman–Crippen MR) is 127 cm³/mol. The third-order valence-corrected chi connectivity index (χ3v) is 6.67. The van der Waals surface area contributed by atoms with Crippen molar-refractivity contribution in [3.8, 4) is 5.13 Å². The van der Waals surface area contributed by atoms with Crippen LogP contribution in [0.2, 0.25) is 0 Å². The van der Waals surface area contributed by atoms with Crippen LogP contribution >= 0.6 is 11.3 Å². The third-order valence-electron chi connectivity index (χ3n) is 5.69. The Bertz CT molecular complexity index is 1230. The van der Waals surface area contributed by atoms with E-state index in [4.69, 9.17) is 15.1 Å². The highest BCUT2D eigenvalue weighted by molar-refractivity contribution is 7.20. The molecule has 166 valence electrons. The van der Waals surface area contributed by atoms with Crippen molar-refractivity contribution in [1.29, 1.82) is 0 Å². The summed E-state index contributed by atoms with van der Waals surface area (Å²) in [6.45, 7) is 8.69. The normalized spacial score (nSPS) is 14.9. The molecule has 4 aromatic heterocycles. The number of aliphatic hydroxyl groups excluding tert-OH is 1. The van der Waals surface area contributed by atoms with Crippen LogP contribution < -0.4 is 10.2 Å². The molecule has 32 heavy (non-hydrogen) atoms. The Hall–Kier alpha value is -3.08. The Morgan fingerprint density at radius 2 is 1.91 bits per heavy atom. The Morgan fingerprint density at radius 3 is 2.66 bits per heavy atom. The van der Waals surface area contributed by atoms with E-state index in [9.17, 15) is 0 Å². The summed E-state index contributed by atoms with van der Waals surface area (Å²) in [5, 5.41) is 17.7. The smallest absolute Gasteiger partial charge is 0.211 e. The van der Waals surface area contributed by atoms with Gasteiger partial charge >= 0.3 is 0 Å². The molecule has 9 nitrogen and oxygen atoms in total. The van der Waals surface area contributed by atoms with Crippen molar-refractivity contribution in [3.63, 3.8) is 0 Å². The topological polar surface area (TPSA) is 95.2 Å². The first-order valence-corrected chi connectivity index (χ1v) is 11.5. The molecule has 0 aliphatic carbocycles. The van der Waals surface area contributed by atoms with Gasteiger partial charge in [0.15, 0.2) is 0 Å². The minimum Gasteiger partial charge on any atom is -0.395 e. The summed E-state index contributed by atoms with van der Waals surface area (Å²) in [6, 6.07) is 7.98. The van der Waals surface area contributed by atoms with Crippen molar-refractivity contribution >= 4 is 39.0 Å². The zero-order valence-electron chi connectivity index (χ0n) is 18.2. The van der Waals surface area contributed by atoms with Crippen LogP contribution in [0, 0.1) is 13.8 Å². The maximum absolute atomic E-state index is 9.16. The van der Waals surface area contributed by atoms with E-state index in [1.165, 1.54) is 0 Å². The lowest BCUT2D eigenvalue weighted by molar-refractivity contribution is 0.188. The molecule has 1 aliphatic rings. The Morgan fingerprint density at radius 1 is 1.06 bits per heavy atom. The number of aryl methyl sites for hydroxylation is 2. The van der Waals surface area contributed by atoms with Gasteiger partial charge in [-0.15, -0.1) is 0 Å². The number of nitrogens with one attached hydrogen (secondary N) is 1.